The average molecular weight is 280 g/mol. The molecule has 6 heteroatoms. The summed E-state index contributed by atoms with van der Waals surface area (Å²) < 4.78 is 13.1. The molecule has 0 bridgehead atoms. The zero-order chi connectivity index (χ0) is 14.8. The van der Waals surface area contributed by atoms with Crippen LogP contribution >= 0.6 is 0 Å². The molecule has 0 radical (unpaired) electrons. The predicted octanol–water partition coefficient (Wildman–Crippen LogP) is 0.207. The Balaban J connectivity index is 2.04. The van der Waals surface area contributed by atoms with E-state index in [4.69, 9.17) is 5.73 Å². The second-order valence-corrected chi connectivity index (χ2v) is 5.12. The molecule has 0 spiro atoms. The minimum Gasteiger partial charge on any atom is -0.378 e. The molecule has 1 aromatic rings. The SMILES string of the molecule is NC(=O)[C@@]1(O)CCCN(C(=O)Cc2cccc(F)c2)C1. The fourth-order valence-corrected chi connectivity index (χ4v) is 2.38. The Hall–Kier alpha value is -1.95. The molecule has 1 aromatic carbocycles. The van der Waals surface area contributed by atoms with Crippen molar-refractivity contribution in [3.63, 3.8) is 0 Å². The van der Waals surface area contributed by atoms with Gasteiger partial charge in [0.05, 0.1) is 13.0 Å². The number of nitrogens with two attached hydrogens (primary N) is 1. The van der Waals surface area contributed by atoms with Crippen LogP contribution in [-0.2, 0) is 16.0 Å². The van der Waals surface area contributed by atoms with Gasteiger partial charge < -0.3 is 15.7 Å². The zero-order valence-electron chi connectivity index (χ0n) is 11.0. The van der Waals surface area contributed by atoms with E-state index in [0.717, 1.165) is 0 Å². The molecule has 1 atom stereocenters. The van der Waals surface area contributed by atoms with Crippen LogP contribution in [0.2, 0.25) is 0 Å². The summed E-state index contributed by atoms with van der Waals surface area (Å²) >= 11 is 0. The van der Waals surface area contributed by atoms with Gasteiger partial charge >= 0.3 is 0 Å². The molecule has 5 nitrogen and oxygen atoms in total. The molecule has 0 saturated carbocycles. The molecule has 0 unspecified atom stereocenters. The van der Waals surface area contributed by atoms with Crippen molar-refractivity contribution in [2.24, 2.45) is 5.73 Å². The monoisotopic (exact) mass is 280 g/mol. The topological polar surface area (TPSA) is 83.6 Å². The standard InChI is InChI=1S/C14H17FN2O3/c15-11-4-1-3-10(7-11)8-12(18)17-6-2-5-14(20,9-17)13(16)19/h1,3-4,7,20H,2,5-6,8-9H2,(H2,16,19)/t14-/m1/s1. The van der Waals surface area contributed by atoms with Gasteiger partial charge in [0.25, 0.3) is 5.91 Å². The van der Waals surface area contributed by atoms with E-state index < -0.39 is 17.3 Å². The summed E-state index contributed by atoms with van der Waals surface area (Å²) in [5.74, 6) is -1.47. The van der Waals surface area contributed by atoms with Gasteiger partial charge in [0, 0.05) is 6.54 Å². The minimum absolute atomic E-state index is 0.0343. The third-order valence-corrected chi connectivity index (χ3v) is 3.53. The van der Waals surface area contributed by atoms with Crippen LogP contribution in [0.5, 0.6) is 0 Å². The number of rotatable bonds is 3. The third-order valence-electron chi connectivity index (χ3n) is 3.53. The maximum absolute atomic E-state index is 13.1. The summed E-state index contributed by atoms with van der Waals surface area (Å²) in [7, 11) is 0. The van der Waals surface area contributed by atoms with Crippen LogP contribution in [-0.4, -0.2) is 40.5 Å². The van der Waals surface area contributed by atoms with E-state index in [1.807, 2.05) is 0 Å². The van der Waals surface area contributed by atoms with Crippen molar-refractivity contribution < 1.29 is 19.1 Å². The van der Waals surface area contributed by atoms with Crippen LogP contribution in [0, 0.1) is 5.82 Å². The zero-order valence-corrected chi connectivity index (χ0v) is 11.0. The van der Waals surface area contributed by atoms with Gasteiger partial charge in [-0.15, -0.1) is 0 Å². The van der Waals surface area contributed by atoms with Crippen LogP contribution in [0.1, 0.15) is 18.4 Å². The largest absolute Gasteiger partial charge is 0.378 e. The summed E-state index contributed by atoms with van der Waals surface area (Å²) in [4.78, 5) is 24.8. The summed E-state index contributed by atoms with van der Waals surface area (Å²) in [6, 6.07) is 5.79. The highest BCUT2D eigenvalue weighted by Gasteiger charge is 2.39. The second-order valence-electron chi connectivity index (χ2n) is 5.12. The van der Waals surface area contributed by atoms with Gasteiger partial charge in [-0.25, -0.2) is 4.39 Å². The summed E-state index contributed by atoms with van der Waals surface area (Å²) in [6.07, 6.45) is 0.799. The minimum atomic E-state index is -1.66. The number of carbonyl (C=O) groups is 2. The van der Waals surface area contributed by atoms with Crippen LogP contribution < -0.4 is 5.73 Å². The Kier molecular flexibility index (Phi) is 4.04. The maximum Gasteiger partial charge on any atom is 0.251 e. The molecule has 0 aliphatic carbocycles. The highest BCUT2D eigenvalue weighted by Crippen LogP contribution is 2.21. The van der Waals surface area contributed by atoms with Gasteiger partial charge in [-0.1, -0.05) is 12.1 Å². The molecule has 2 amide bonds. The number of primary amides is 1. The molecule has 2 rings (SSSR count). The number of hydrogen-bond donors (Lipinski definition) is 2. The number of aliphatic hydroxyl groups is 1. The molecule has 3 N–H and O–H groups in total. The van der Waals surface area contributed by atoms with Crippen LogP contribution in [0.3, 0.4) is 0 Å². The van der Waals surface area contributed by atoms with E-state index in [-0.39, 0.29) is 25.3 Å². The van der Waals surface area contributed by atoms with Gasteiger partial charge in [-0.05, 0) is 30.5 Å². The van der Waals surface area contributed by atoms with Crippen molar-refractivity contribution >= 4 is 11.8 Å². The van der Waals surface area contributed by atoms with Gasteiger partial charge in [-0.3, -0.25) is 9.59 Å². The number of β-amino-alcohol motifs (C(OH)–C–C–N with tert-alkyl or cyclic N) is 1. The summed E-state index contributed by atoms with van der Waals surface area (Å²) in [6.45, 7) is 0.361. The number of halogens is 1. The predicted molar refractivity (Wildman–Crippen MR) is 70.1 cm³/mol. The molecule has 1 aliphatic heterocycles. The Labute approximate surface area is 116 Å². The summed E-state index contributed by atoms with van der Waals surface area (Å²) in [5.41, 5.74) is 4.06. The number of nitrogens with zero attached hydrogens (tertiary/aromatic N) is 1. The Bertz CT molecular complexity index is 535. The Morgan fingerprint density at radius 3 is 2.85 bits per heavy atom. The first kappa shape index (κ1) is 14.5. The molecule has 1 aliphatic rings. The quantitative estimate of drug-likeness (QED) is 0.830. The number of amides is 2. The molecule has 1 saturated heterocycles. The van der Waals surface area contributed by atoms with E-state index in [9.17, 15) is 19.1 Å². The molecular weight excluding hydrogens is 263 g/mol. The lowest BCUT2D eigenvalue weighted by Crippen LogP contribution is -2.57. The first-order chi connectivity index (χ1) is 9.40. The lowest BCUT2D eigenvalue weighted by atomic mass is 9.92. The normalized spacial score (nSPS) is 22.6. The molecule has 20 heavy (non-hydrogen) atoms. The van der Waals surface area contributed by atoms with Crippen molar-refractivity contribution in [3.8, 4) is 0 Å². The highest BCUT2D eigenvalue weighted by atomic mass is 19.1. The van der Waals surface area contributed by atoms with Crippen LogP contribution in [0.25, 0.3) is 0 Å². The summed E-state index contributed by atoms with van der Waals surface area (Å²) in [5, 5.41) is 10.0. The number of benzene rings is 1. The van der Waals surface area contributed by atoms with Gasteiger partial charge in [0.15, 0.2) is 5.60 Å². The fraction of sp³-hybridized carbons (Fsp3) is 0.429. The number of piperidine rings is 1. The van der Waals surface area contributed by atoms with E-state index in [1.54, 1.807) is 6.07 Å². The van der Waals surface area contributed by atoms with Crippen molar-refractivity contribution in [2.75, 3.05) is 13.1 Å². The first-order valence-electron chi connectivity index (χ1n) is 6.45. The van der Waals surface area contributed by atoms with Crippen molar-refractivity contribution in [2.45, 2.75) is 24.9 Å². The molecule has 0 aromatic heterocycles. The average Bonchev–Trinajstić information content (AvgIpc) is 2.38. The van der Waals surface area contributed by atoms with Crippen molar-refractivity contribution in [1.82, 2.24) is 4.90 Å². The van der Waals surface area contributed by atoms with E-state index in [2.05, 4.69) is 0 Å². The molecule has 1 fully saturated rings. The first-order valence-corrected chi connectivity index (χ1v) is 6.45. The molecular formula is C14H17FN2O3. The highest BCUT2D eigenvalue weighted by molar-refractivity contribution is 5.85. The number of hydrogen-bond acceptors (Lipinski definition) is 3. The lowest BCUT2D eigenvalue weighted by Gasteiger charge is -2.37. The number of carbonyl (C=O) groups excluding carboxylic acids is 2. The third kappa shape index (κ3) is 3.14. The van der Waals surface area contributed by atoms with Crippen molar-refractivity contribution in [3.05, 3.63) is 35.6 Å². The Morgan fingerprint density at radius 2 is 2.20 bits per heavy atom. The van der Waals surface area contributed by atoms with E-state index >= 15 is 0 Å². The molecule has 108 valence electrons. The van der Waals surface area contributed by atoms with Gasteiger partial charge in [0.2, 0.25) is 5.91 Å². The van der Waals surface area contributed by atoms with Crippen molar-refractivity contribution in [1.29, 1.82) is 0 Å². The number of likely N-dealkylation sites (tertiary alicyclic amines) is 1. The maximum atomic E-state index is 13.1. The van der Waals surface area contributed by atoms with Crippen LogP contribution in [0.4, 0.5) is 4.39 Å². The fourth-order valence-electron chi connectivity index (χ4n) is 2.38. The van der Waals surface area contributed by atoms with Gasteiger partial charge in [-0.2, -0.15) is 0 Å². The smallest absolute Gasteiger partial charge is 0.251 e. The van der Waals surface area contributed by atoms with Crippen LogP contribution in [0.15, 0.2) is 24.3 Å². The van der Waals surface area contributed by atoms with E-state index in [1.165, 1.54) is 23.1 Å². The second kappa shape index (κ2) is 5.58. The van der Waals surface area contributed by atoms with Gasteiger partial charge in [0.1, 0.15) is 5.82 Å². The lowest BCUT2D eigenvalue weighted by molar-refractivity contribution is -0.148. The molecule has 1 heterocycles. The Morgan fingerprint density at radius 1 is 1.45 bits per heavy atom. The van der Waals surface area contributed by atoms with E-state index in [0.29, 0.717) is 18.5 Å².